The molecule has 2 heterocycles. The highest BCUT2D eigenvalue weighted by Crippen LogP contribution is 2.21. The van der Waals surface area contributed by atoms with Crippen LogP contribution >= 0.6 is 0 Å². The number of carbonyl (C=O) groups is 3. The predicted octanol–water partition coefficient (Wildman–Crippen LogP) is 0.275. The Labute approximate surface area is 163 Å². The number of nitrogens with one attached hydrogen (secondary N) is 1. The highest BCUT2D eigenvalue weighted by Gasteiger charge is 2.30. The third-order valence-corrected chi connectivity index (χ3v) is 5.83. The summed E-state index contributed by atoms with van der Waals surface area (Å²) in [6.45, 7) is 2.63. The van der Waals surface area contributed by atoms with Crippen molar-refractivity contribution < 1.29 is 22.8 Å². The number of hydrogen-bond donors (Lipinski definition) is 2. The van der Waals surface area contributed by atoms with Crippen LogP contribution in [-0.2, 0) is 24.4 Å². The molecule has 3 N–H and O–H groups in total. The number of sulfonamides is 1. The zero-order chi connectivity index (χ0) is 20.9. The van der Waals surface area contributed by atoms with Gasteiger partial charge >= 0.3 is 0 Å². The van der Waals surface area contributed by atoms with E-state index in [4.69, 9.17) is 5.73 Å². The molecule has 0 bridgehead atoms. The Morgan fingerprint density at radius 2 is 2.07 bits per heavy atom. The number of nitrogens with two attached hydrogens (primary N) is 1. The van der Waals surface area contributed by atoms with E-state index in [1.54, 1.807) is 13.0 Å². The fourth-order valence-corrected chi connectivity index (χ4v) is 3.70. The highest BCUT2D eigenvalue weighted by atomic mass is 32.2. The summed E-state index contributed by atoms with van der Waals surface area (Å²) in [7, 11) is -4.02. The van der Waals surface area contributed by atoms with Crippen molar-refractivity contribution in [3.05, 3.63) is 54.4 Å². The molecule has 0 fully saturated rings. The molecule has 0 aliphatic carbocycles. The number of nitrogens with zero attached hydrogens (tertiary/aromatic N) is 2. The molecule has 1 aromatic rings. The average Bonchev–Trinajstić information content (AvgIpc) is 2.80. The second kappa shape index (κ2) is 8.79. The molecule has 1 aliphatic rings. The van der Waals surface area contributed by atoms with Crippen LogP contribution in [0, 0.1) is 12.3 Å². The van der Waals surface area contributed by atoms with Gasteiger partial charge in [0.1, 0.15) is 0 Å². The molecule has 2 rings (SSSR count). The fourth-order valence-electron chi connectivity index (χ4n) is 2.30. The number of allylic oxidation sites excluding steroid dienone is 3. The predicted molar refractivity (Wildman–Crippen MR) is 100 cm³/mol. The minimum absolute atomic E-state index is 0.0500. The number of rotatable bonds is 7. The van der Waals surface area contributed by atoms with Crippen molar-refractivity contribution in [2.24, 2.45) is 11.7 Å². The van der Waals surface area contributed by atoms with Crippen molar-refractivity contribution in [2.45, 2.75) is 25.3 Å². The summed E-state index contributed by atoms with van der Waals surface area (Å²) in [5.41, 5.74) is 5.39. The highest BCUT2D eigenvalue weighted by molar-refractivity contribution is 7.89. The van der Waals surface area contributed by atoms with Crippen molar-refractivity contribution in [1.29, 1.82) is 0 Å². The molecule has 0 saturated carbocycles. The molecule has 10 heteroatoms. The van der Waals surface area contributed by atoms with Gasteiger partial charge in [-0.1, -0.05) is 13.0 Å². The van der Waals surface area contributed by atoms with Gasteiger partial charge < -0.3 is 11.1 Å². The summed E-state index contributed by atoms with van der Waals surface area (Å²) >= 11 is 0. The van der Waals surface area contributed by atoms with E-state index in [-0.39, 0.29) is 17.1 Å². The Hall–Kier alpha value is -3.01. The average molecular weight is 405 g/mol. The number of amides is 2. The van der Waals surface area contributed by atoms with Gasteiger partial charge in [0.15, 0.2) is 10.8 Å². The Balaban J connectivity index is 2.11. The lowest BCUT2D eigenvalue weighted by atomic mass is 10.0. The van der Waals surface area contributed by atoms with E-state index < -0.39 is 40.1 Å². The standard InChI is InChI=1S/C18H21N4O5S/c1-12(18(19)25)6-9-16(24)21-14-8-7-13(2)22(11-15(14)23)28(26,27)17-5-3-4-10-20-17/h3-5,7-10,12H,6,11H2,1-2H3,(H2,19,25)(H,21,24)/t12-/m0/s1. The van der Waals surface area contributed by atoms with Crippen LogP contribution in [0.1, 0.15) is 20.3 Å². The summed E-state index contributed by atoms with van der Waals surface area (Å²) in [5.74, 6) is -2.23. The first-order valence-corrected chi connectivity index (χ1v) is 9.86. The van der Waals surface area contributed by atoms with Crippen molar-refractivity contribution in [2.75, 3.05) is 6.54 Å². The number of carbonyl (C=O) groups excluding carboxylic acids is 3. The quantitative estimate of drug-likeness (QED) is 0.668. The molecule has 1 atom stereocenters. The number of Topliss-reactive ketones (excluding diaryl/α,β-unsaturated/α-hetero) is 1. The van der Waals surface area contributed by atoms with E-state index in [0.717, 1.165) is 4.31 Å². The molecule has 2 amide bonds. The topological polar surface area (TPSA) is 140 Å². The molecule has 1 aliphatic heterocycles. The van der Waals surface area contributed by atoms with Crippen LogP contribution in [-0.4, -0.2) is 41.8 Å². The Bertz CT molecular complexity index is 938. The largest absolute Gasteiger partial charge is 0.369 e. The van der Waals surface area contributed by atoms with Crippen LogP contribution in [0.25, 0.3) is 0 Å². The summed E-state index contributed by atoms with van der Waals surface area (Å²) in [6, 6.07) is 4.45. The molecule has 0 aromatic carbocycles. The second-order valence-electron chi connectivity index (χ2n) is 6.22. The first-order chi connectivity index (χ1) is 13.1. The van der Waals surface area contributed by atoms with Crippen LogP contribution in [0.5, 0.6) is 0 Å². The van der Waals surface area contributed by atoms with E-state index in [1.807, 2.05) is 0 Å². The maximum absolute atomic E-state index is 12.8. The van der Waals surface area contributed by atoms with E-state index in [9.17, 15) is 22.8 Å². The third-order valence-electron chi connectivity index (χ3n) is 4.06. The van der Waals surface area contributed by atoms with Gasteiger partial charge in [-0.05, 0) is 37.6 Å². The van der Waals surface area contributed by atoms with Gasteiger partial charge in [-0.3, -0.25) is 18.7 Å². The summed E-state index contributed by atoms with van der Waals surface area (Å²) in [4.78, 5) is 39.4. The molecule has 28 heavy (non-hydrogen) atoms. The first kappa shape index (κ1) is 21.3. The van der Waals surface area contributed by atoms with Crippen LogP contribution in [0.4, 0.5) is 0 Å². The second-order valence-corrected chi connectivity index (χ2v) is 8.03. The maximum atomic E-state index is 12.8. The smallest absolute Gasteiger partial charge is 0.281 e. The van der Waals surface area contributed by atoms with Crippen LogP contribution in [0.2, 0.25) is 0 Å². The summed E-state index contributed by atoms with van der Waals surface area (Å²) < 4.78 is 26.5. The number of pyridine rings is 1. The van der Waals surface area contributed by atoms with E-state index >= 15 is 0 Å². The van der Waals surface area contributed by atoms with Crippen molar-refractivity contribution >= 4 is 27.6 Å². The monoisotopic (exact) mass is 405 g/mol. The van der Waals surface area contributed by atoms with Crippen LogP contribution in [0.15, 0.2) is 53.0 Å². The Morgan fingerprint density at radius 1 is 1.36 bits per heavy atom. The Kier molecular flexibility index (Phi) is 6.68. The molecule has 0 spiro atoms. The molecular weight excluding hydrogens is 384 g/mol. The van der Waals surface area contributed by atoms with E-state index in [1.165, 1.54) is 43.8 Å². The summed E-state index contributed by atoms with van der Waals surface area (Å²) in [6.07, 6.45) is 5.45. The number of hydrogen-bond acceptors (Lipinski definition) is 6. The number of primary amides is 1. The third kappa shape index (κ3) is 5.03. The lowest BCUT2D eigenvalue weighted by molar-refractivity contribution is -0.122. The van der Waals surface area contributed by atoms with Crippen molar-refractivity contribution in [3.8, 4) is 0 Å². The van der Waals surface area contributed by atoms with Gasteiger partial charge in [-0.15, -0.1) is 0 Å². The number of ketones is 1. The minimum Gasteiger partial charge on any atom is -0.369 e. The lowest BCUT2D eigenvalue weighted by Gasteiger charge is -2.22. The summed E-state index contributed by atoms with van der Waals surface area (Å²) in [5, 5.41) is 2.23. The normalized spacial score (nSPS) is 15.9. The van der Waals surface area contributed by atoms with E-state index in [0.29, 0.717) is 5.70 Å². The van der Waals surface area contributed by atoms with Crippen molar-refractivity contribution in [1.82, 2.24) is 14.6 Å². The molecule has 149 valence electrons. The number of aromatic nitrogens is 1. The molecule has 9 nitrogen and oxygen atoms in total. The van der Waals surface area contributed by atoms with Crippen LogP contribution < -0.4 is 11.1 Å². The SMILES string of the molecule is CC1=CC=C(NC(=O)[CH]C[C@H](C)C(N)=O)C(=O)CN1S(=O)(=O)c1ccccn1. The van der Waals surface area contributed by atoms with Gasteiger partial charge in [-0.2, -0.15) is 8.42 Å². The Morgan fingerprint density at radius 3 is 2.68 bits per heavy atom. The fraction of sp³-hybridized carbons (Fsp3) is 0.278. The zero-order valence-electron chi connectivity index (χ0n) is 15.5. The van der Waals surface area contributed by atoms with Gasteiger partial charge in [0, 0.05) is 17.8 Å². The van der Waals surface area contributed by atoms with Gasteiger partial charge in [0.05, 0.1) is 18.7 Å². The minimum atomic E-state index is -4.02. The van der Waals surface area contributed by atoms with Crippen molar-refractivity contribution in [3.63, 3.8) is 0 Å². The lowest BCUT2D eigenvalue weighted by Crippen LogP contribution is -2.37. The molecule has 0 saturated heterocycles. The molecule has 1 radical (unpaired) electrons. The zero-order valence-corrected chi connectivity index (χ0v) is 16.3. The van der Waals surface area contributed by atoms with Crippen LogP contribution in [0.3, 0.4) is 0 Å². The first-order valence-electron chi connectivity index (χ1n) is 8.42. The maximum Gasteiger partial charge on any atom is 0.281 e. The molecular formula is C18H21N4O5S. The van der Waals surface area contributed by atoms with Gasteiger partial charge in [0.2, 0.25) is 11.8 Å². The van der Waals surface area contributed by atoms with Gasteiger partial charge in [0.25, 0.3) is 10.0 Å². The van der Waals surface area contributed by atoms with E-state index in [2.05, 4.69) is 10.3 Å². The molecule has 0 unspecified atom stereocenters. The molecule has 1 aromatic heterocycles. The van der Waals surface area contributed by atoms with Gasteiger partial charge in [-0.25, -0.2) is 4.98 Å².